The highest BCUT2D eigenvalue weighted by Crippen LogP contribution is 2.32. The van der Waals surface area contributed by atoms with Gasteiger partial charge in [-0.3, -0.25) is 9.89 Å². The highest BCUT2D eigenvalue weighted by molar-refractivity contribution is 6.09. The molecule has 1 aliphatic heterocycles. The summed E-state index contributed by atoms with van der Waals surface area (Å²) in [4.78, 5) is 24.6. The molecule has 0 spiro atoms. The number of nitrogens with one attached hydrogen (secondary N) is 1. The molecule has 1 N–H and O–H groups in total. The zero-order valence-corrected chi connectivity index (χ0v) is 14.5. The van der Waals surface area contributed by atoms with Crippen LogP contribution in [0, 0.1) is 11.3 Å². The molecule has 0 bridgehead atoms. The van der Waals surface area contributed by atoms with Crippen molar-refractivity contribution in [2.75, 3.05) is 25.0 Å². The topological polar surface area (TPSA) is 102 Å². The quantitative estimate of drug-likeness (QED) is 0.774. The number of amides is 1. The van der Waals surface area contributed by atoms with Crippen molar-refractivity contribution < 1.29 is 4.79 Å². The lowest BCUT2D eigenvalue weighted by atomic mass is 10.0. The Morgan fingerprint density at radius 2 is 2.19 bits per heavy atom. The summed E-state index contributed by atoms with van der Waals surface area (Å²) in [6, 6.07) is 4.08. The summed E-state index contributed by atoms with van der Waals surface area (Å²) in [7, 11) is 1.79. The predicted molar refractivity (Wildman–Crippen MR) is 97.4 cm³/mol. The van der Waals surface area contributed by atoms with Crippen LogP contribution >= 0.6 is 0 Å². The third-order valence-electron chi connectivity index (χ3n) is 5.14. The van der Waals surface area contributed by atoms with E-state index in [4.69, 9.17) is 5.26 Å². The van der Waals surface area contributed by atoms with E-state index in [0.29, 0.717) is 0 Å². The second kappa shape index (κ2) is 6.59. The molecule has 3 aromatic heterocycles. The number of aromatic amines is 1. The first kappa shape index (κ1) is 16.3. The average molecular weight is 349 g/mol. The van der Waals surface area contributed by atoms with Crippen LogP contribution in [0.4, 0.5) is 5.69 Å². The van der Waals surface area contributed by atoms with Crippen molar-refractivity contribution in [2.45, 2.75) is 25.3 Å². The van der Waals surface area contributed by atoms with Crippen LogP contribution in [0.25, 0.3) is 21.9 Å². The second-order valence-corrected chi connectivity index (χ2v) is 6.54. The van der Waals surface area contributed by atoms with Crippen molar-refractivity contribution in [2.24, 2.45) is 0 Å². The van der Waals surface area contributed by atoms with Gasteiger partial charge in [-0.15, -0.1) is 0 Å². The number of piperidine rings is 1. The number of aromatic nitrogens is 4. The Bertz CT molecular complexity index is 998. The molecular formula is C18H19N7O. The molecule has 3 aromatic rings. The number of carbonyl (C=O) groups is 1. The molecule has 0 unspecified atom stereocenters. The molecule has 8 heteroatoms. The maximum absolute atomic E-state index is 11.9. The molecule has 1 saturated heterocycles. The number of H-pyrrole nitrogens is 1. The van der Waals surface area contributed by atoms with Crippen LogP contribution in [-0.4, -0.2) is 57.2 Å². The number of pyridine rings is 1. The van der Waals surface area contributed by atoms with Gasteiger partial charge >= 0.3 is 0 Å². The molecule has 1 aliphatic rings. The van der Waals surface area contributed by atoms with E-state index in [9.17, 15) is 4.79 Å². The lowest BCUT2D eigenvalue weighted by Crippen LogP contribution is -2.45. The minimum absolute atomic E-state index is 0.0608. The summed E-state index contributed by atoms with van der Waals surface area (Å²) in [6.45, 7) is 1.65. The Kier molecular flexibility index (Phi) is 4.13. The fourth-order valence-electron chi connectivity index (χ4n) is 3.68. The second-order valence-electron chi connectivity index (χ2n) is 6.54. The predicted octanol–water partition coefficient (Wildman–Crippen LogP) is 1.85. The monoisotopic (exact) mass is 349 g/mol. The van der Waals surface area contributed by atoms with Gasteiger partial charge in [0.1, 0.15) is 6.42 Å². The molecule has 0 aromatic carbocycles. The minimum Gasteiger partial charge on any atom is -0.370 e. The molecule has 0 saturated carbocycles. The number of rotatable bonds is 3. The van der Waals surface area contributed by atoms with Gasteiger partial charge in [-0.25, -0.2) is 9.97 Å². The molecule has 0 aliphatic carbocycles. The Morgan fingerprint density at radius 3 is 2.96 bits per heavy atom. The summed E-state index contributed by atoms with van der Waals surface area (Å²) < 4.78 is 0. The van der Waals surface area contributed by atoms with Crippen LogP contribution in [0.15, 0.2) is 24.7 Å². The van der Waals surface area contributed by atoms with Gasteiger partial charge in [0.25, 0.3) is 0 Å². The number of anilines is 1. The number of hydrogen-bond donors (Lipinski definition) is 1. The van der Waals surface area contributed by atoms with Crippen molar-refractivity contribution in [1.29, 1.82) is 5.26 Å². The van der Waals surface area contributed by atoms with Crippen molar-refractivity contribution in [3.05, 3.63) is 24.7 Å². The van der Waals surface area contributed by atoms with Crippen molar-refractivity contribution in [3.63, 3.8) is 0 Å². The normalized spacial score (nSPS) is 15.3. The lowest BCUT2D eigenvalue weighted by molar-refractivity contribution is -0.131. The van der Waals surface area contributed by atoms with E-state index < -0.39 is 0 Å². The zero-order chi connectivity index (χ0) is 18.1. The van der Waals surface area contributed by atoms with Gasteiger partial charge in [-0.1, -0.05) is 0 Å². The van der Waals surface area contributed by atoms with Crippen LogP contribution < -0.4 is 4.90 Å². The smallest absolute Gasteiger partial charge is 0.236 e. The van der Waals surface area contributed by atoms with Gasteiger partial charge < -0.3 is 9.80 Å². The number of nitriles is 1. The molecule has 8 nitrogen and oxygen atoms in total. The van der Waals surface area contributed by atoms with E-state index in [2.05, 4.69) is 25.1 Å². The Hall–Kier alpha value is -3.21. The number of hydrogen-bond acceptors (Lipinski definition) is 6. The largest absolute Gasteiger partial charge is 0.370 e. The number of nitrogens with zero attached hydrogens (tertiary/aromatic N) is 6. The fraction of sp³-hybridized carbons (Fsp3) is 0.389. The molecule has 132 valence electrons. The SMILES string of the molecule is CN(C(=O)CC#N)C1CCN(c2cn[nH]c3cnc4nccc4c23)CC1. The summed E-state index contributed by atoms with van der Waals surface area (Å²) in [5.74, 6) is -0.108. The van der Waals surface area contributed by atoms with Crippen molar-refractivity contribution in [1.82, 2.24) is 25.1 Å². The molecule has 0 radical (unpaired) electrons. The van der Waals surface area contributed by atoms with Gasteiger partial charge in [0.2, 0.25) is 5.91 Å². The van der Waals surface area contributed by atoms with Crippen LogP contribution in [0.3, 0.4) is 0 Å². The lowest BCUT2D eigenvalue weighted by Gasteiger charge is -2.37. The average Bonchev–Trinajstić information content (AvgIpc) is 3.16. The highest BCUT2D eigenvalue weighted by atomic mass is 16.2. The summed E-state index contributed by atoms with van der Waals surface area (Å²) in [5, 5.41) is 18.1. The highest BCUT2D eigenvalue weighted by Gasteiger charge is 2.26. The van der Waals surface area contributed by atoms with Gasteiger partial charge in [0, 0.05) is 43.1 Å². The summed E-state index contributed by atoms with van der Waals surface area (Å²) >= 11 is 0. The summed E-state index contributed by atoms with van der Waals surface area (Å²) in [6.07, 6.45) is 7.04. The van der Waals surface area contributed by atoms with E-state index in [1.165, 1.54) is 0 Å². The first-order valence-electron chi connectivity index (χ1n) is 8.63. The Balaban J connectivity index is 1.60. The van der Waals surface area contributed by atoms with Gasteiger partial charge in [-0.05, 0) is 18.9 Å². The molecule has 1 amide bonds. The van der Waals surface area contributed by atoms with Gasteiger partial charge in [0.05, 0.1) is 29.7 Å². The van der Waals surface area contributed by atoms with Crippen LogP contribution in [0.5, 0.6) is 0 Å². The van der Waals surface area contributed by atoms with E-state index >= 15 is 0 Å². The van der Waals surface area contributed by atoms with E-state index in [-0.39, 0.29) is 18.4 Å². The zero-order valence-electron chi connectivity index (χ0n) is 14.5. The Labute approximate surface area is 150 Å². The first-order valence-corrected chi connectivity index (χ1v) is 8.63. The maximum Gasteiger partial charge on any atom is 0.236 e. The fourth-order valence-corrected chi connectivity index (χ4v) is 3.68. The van der Waals surface area contributed by atoms with Crippen LogP contribution in [0.1, 0.15) is 19.3 Å². The van der Waals surface area contributed by atoms with Crippen molar-refractivity contribution in [3.8, 4) is 6.07 Å². The molecular weight excluding hydrogens is 330 g/mol. The van der Waals surface area contributed by atoms with E-state index in [1.54, 1.807) is 24.3 Å². The molecule has 0 atom stereocenters. The number of carbonyl (C=O) groups excluding carboxylic acids is 1. The molecule has 1 fully saturated rings. The standard InChI is InChI=1S/C18H19N7O/c1-24(16(26)2-6-19)12-4-8-25(9-5-12)15-11-22-23-14-10-21-18-13(17(14)15)3-7-20-18/h3,7,10-12,23H,2,4-5,8-9H2,1H3. The van der Waals surface area contributed by atoms with E-state index in [0.717, 1.165) is 53.6 Å². The molecule has 4 rings (SSSR count). The van der Waals surface area contributed by atoms with Crippen LogP contribution in [-0.2, 0) is 4.79 Å². The third kappa shape index (κ3) is 2.71. The maximum atomic E-state index is 11.9. The third-order valence-corrected chi connectivity index (χ3v) is 5.14. The molecule has 4 heterocycles. The van der Waals surface area contributed by atoms with Gasteiger partial charge in [0.15, 0.2) is 5.65 Å². The summed E-state index contributed by atoms with van der Waals surface area (Å²) in [5.41, 5.74) is 2.67. The minimum atomic E-state index is -0.108. The van der Waals surface area contributed by atoms with Crippen molar-refractivity contribution >= 4 is 33.5 Å². The van der Waals surface area contributed by atoms with Crippen LogP contribution in [0.2, 0.25) is 0 Å². The number of fused-ring (bicyclic) bond motifs is 3. The van der Waals surface area contributed by atoms with Gasteiger partial charge in [-0.2, -0.15) is 10.4 Å². The van der Waals surface area contributed by atoms with E-state index in [1.807, 2.05) is 18.3 Å². The Morgan fingerprint density at radius 1 is 1.38 bits per heavy atom. The first-order chi connectivity index (χ1) is 12.7. The molecule has 26 heavy (non-hydrogen) atoms.